The van der Waals surface area contributed by atoms with Gasteiger partial charge in [-0.1, -0.05) is 30.7 Å². The molecule has 32 heavy (non-hydrogen) atoms. The summed E-state index contributed by atoms with van der Waals surface area (Å²) in [5.74, 6) is 0.509. The molecule has 5 rings (SSSR count). The van der Waals surface area contributed by atoms with Crippen molar-refractivity contribution in [3.8, 4) is 0 Å². The second-order valence-electron chi connectivity index (χ2n) is 11.3. The predicted octanol–water partition coefficient (Wildman–Crippen LogP) is 3.21. The first-order valence-corrected chi connectivity index (χ1v) is 12.1. The monoisotopic (exact) mass is 447 g/mol. The molecular weight excluding hydrogens is 410 g/mol. The molecule has 0 amide bonds. The van der Waals surface area contributed by atoms with E-state index in [9.17, 15) is 14.7 Å². The number of ether oxygens (including phenoxy) is 1. The molecule has 7 nitrogen and oxygen atoms in total. The van der Waals surface area contributed by atoms with Gasteiger partial charge in [0.15, 0.2) is 17.4 Å². The molecule has 0 radical (unpaired) electrons. The molecule has 4 unspecified atom stereocenters. The SMILES string of the molecule is COC(=O)[C@H]1C2CC3C4CC=C5C[C@@H](O)CC[C@]5(C)C4CC[C@]3(C)[C@]2(C(C)=O)ON1OC. The molecule has 178 valence electrons. The van der Waals surface area contributed by atoms with E-state index in [0.717, 1.165) is 44.9 Å². The van der Waals surface area contributed by atoms with Crippen LogP contribution in [0.3, 0.4) is 0 Å². The van der Waals surface area contributed by atoms with Gasteiger partial charge in [0, 0.05) is 11.3 Å². The number of fused-ring (bicyclic) bond motifs is 7. The van der Waals surface area contributed by atoms with Crippen LogP contribution in [0, 0.1) is 34.5 Å². The lowest BCUT2D eigenvalue weighted by molar-refractivity contribution is -0.381. The topological polar surface area (TPSA) is 85.3 Å². The standard InChI is InChI=1S/C25H37NO6/c1-14(27)25-20(21(22(29)30-4)26(31-5)32-25)13-19-17-7-6-15-12-16(28)8-10-23(15,2)18(17)9-11-24(19,25)3/h6,16-21,28H,7-13H2,1-5H3/t16-,17?,18?,19?,20?,21+,23-,24-,25+/m0/s1. The zero-order chi connectivity index (χ0) is 23.1. The first-order chi connectivity index (χ1) is 15.1. The fourth-order valence-electron chi connectivity index (χ4n) is 8.84. The lowest BCUT2D eigenvalue weighted by Crippen LogP contribution is -2.58. The first kappa shape index (κ1) is 22.5. The molecule has 7 heteroatoms. The first-order valence-electron chi connectivity index (χ1n) is 12.1. The zero-order valence-corrected chi connectivity index (χ0v) is 19.9. The molecule has 3 saturated carbocycles. The molecule has 0 aromatic rings. The fraction of sp³-hybridized carbons (Fsp3) is 0.840. The minimum atomic E-state index is -1.08. The Morgan fingerprint density at radius 2 is 1.91 bits per heavy atom. The van der Waals surface area contributed by atoms with Gasteiger partial charge in [-0.05, 0) is 75.0 Å². The van der Waals surface area contributed by atoms with E-state index >= 15 is 0 Å². The van der Waals surface area contributed by atoms with Gasteiger partial charge in [0.2, 0.25) is 0 Å². The van der Waals surface area contributed by atoms with E-state index in [4.69, 9.17) is 14.4 Å². The minimum Gasteiger partial charge on any atom is -0.468 e. The molecule has 1 aliphatic heterocycles. The average molecular weight is 448 g/mol. The number of allylic oxidation sites excluding steroid dienone is 1. The molecule has 0 spiro atoms. The molecule has 0 aromatic heterocycles. The van der Waals surface area contributed by atoms with Crippen LogP contribution in [0.1, 0.15) is 65.7 Å². The lowest BCUT2D eigenvalue weighted by atomic mass is 9.46. The maximum atomic E-state index is 13.3. The number of hydrogen-bond acceptors (Lipinski definition) is 7. The number of carbonyl (C=O) groups is 2. The summed E-state index contributed by atoms with van der Waals surface area (Å²) in [6.45, 7) is 6.19. The number of hydroxylamine groups is 2. The molecule has 5 aliphatic rings. The third-order valence-electron chi connectivity index (χ3n) is 10.3. The number of esters is 1. The summed E-state index contributed by atoms with van der Waals surface area (Å²) >= 11 is 0. The molecular formula is C25H37NO6. The predicted molar refractivity (Wildman–Crippen MR) is 116 cm³/mol. The Morgan fingerprint density at radius 3 is 2.56 bits per heavy atom. The highest BCUT2D eigenvalue weighted by atomic mass is 17.0. The number of hydrogen-bond donors (Lipinski definition) is 1. The molecule has 4 fully saturated rings. The molecule has 0 bridgehead atoms. The van der Waals surface area contributed by atoms with Crippen LogP contribution in [-0.2, 0) is 24.0 Å². The summed E-state index contributed by atoms with van der Waals surface area (Å²) in [5, 5.41) is 11.5. The molecule has 1 N–H and O–H groups in total. The van der Waals surface area contributed by atoms with Gasteiger partial charge >= 0.3 is 5.97 Å². The molecule has 1 saturated heterocycles. The van der Waals surface area contributed by atoms with Crippen molar-refractivity contribution in [2.75, 3.05) is 14.2 Å². The maximum Gasteiger partial charge on any atom is 0.328 e. The minimum absolute atomic E-state index is 0.0292. The summed E-state index contributed by atoms with van der Waals surface area (Å²) in [4.78, 5) is 37.8. The average Bonchev–Trinajstić information content (AvgIpc) is 3.23. The van der Waals surface area contributed by atoms with E-state index in [2.05, 4.69) is 19.9 Å². The lowest BCUT2D eigenvalue weighted by Gasteiger charge is -2.59. The van der Waals surface area contributed by atoms with Gasteiger partial charge in [0.25, 0.3) is 0 Å². The second kappa shape index (κ2) is 7.36. The molecule has 0 aromatic carbocycles. The van der Waals surface area contributed by atoms with Crippen molar-refractivity contribution >= 4 is 11.8 Å². The summed E-state index contributed by atoms with van der Waals surface area (Å²) in [6, 6.07) is -0.745. The van der Waals surface area contributed by atoms with Crippen molar-refractivity contribution in [1.82, 2.24) is 5.23 Å². The summed E-state index contributed by atoms with van der Waals surface area (Å²) < 4.78 is 5.10. The second-order valence-corrected chi connectivity index (χ2v) is 11.3. The van der Waals surface area contributed by atoms with Gasteiger partial charge < -0.3 is 9.84 Å². The number of nitrogens with zero attached hydrogens (tertiary/aromatic N) is 1. The summed E-state index contributed by atoms with van der Waals surface area (Å²) in [6.07, 6.45) is 8.45. The van der Waals surface area contributed by atoms with Crippen LogP contribution in [0.2, 0.25) is 0 Å². The van der Waals surface area contributed by atoms with Crippen molar-refractivity contribution in [2.45, 2.75) is 83.5 Å². The molecule has 1 heterocycles. The van der Waals surface area contributed by atoms with Gasteiger partial charge in [-0.3, -0.25) is 19.3 Å². The van der Waals surface area contributed by atoms with Crippen molar-refractivity contribution in [2.24, 2.45) is 34.5 Å². The van der Waals surface area contributed by atoms with Crippen LogP contribution in [0.4, 0.5) is 0 Å². The van der Waals surface area contributed by atoms with Crippen LogP contribution in [0.5, 0.6) is 0 Å². The number of ketones is 1. The quantitative estimate of drug-likeness (QED) is 0.525. The number of aliphatic hydroxyl groups is 1. The van der Waals surface area contributed by atoms with E-state index in [1.165, 1.54) is 25.0 Å². The molecule has 9 atom stereocenters. The van der Waals surface area contributed by atoms with Crippen LogP contribution < -0.4 is 0 Å². The van der Waals surface area contributed by atoms with E-state index in [1.54, 1.807) is 6.92 Å². The van der Waals surface area contributed by atoms with E-state index in [1.807, 2.05) is 0 Å². The number of carbonyl (C=O) groups excluding carboxylic acids is 2. The van der Waals surface area contributed by atoms with Crippen molar-refractivity contribution in [3.05, 3.63) is 11.6 Å². The fourth-order valence-corrected chi connectivity index (χ4v) is 8.84. The Kier molecular flexibility index (Phi) is 5.18. The van der Waals surface area contributed by atoms with E-state index in [0.29, 0.717) is 11.8 Å². The zero-order valence-electron chi connectivity index (χ0n) is 19.9. The van der Waals surface area contributed by atoms with Crippen LogP contribution in [0.25, 0.3) is 0 Å². The Bertz CT molecular complexity index is 857. The van der Waals surface area contributed by atoms with Gasteiger partial charge in [0.05, 0.1) is 20.3 Å². The van der Waals surface area contributed by atoms with Crippen LogP contribution in [-0.4, -0.2) is 54.1 Å². The van der Waals surface area contributed by atoms with Gasteiger partial charge in [0.1, 0.15) is 0 Å². The highest BCUT2D eigenvalue weighted by Crippen LogP contribution is 2.71. The highest BCUT2D eigenvalue weighted by Gasteiger charge is 2.76. The Labute approximate surface area is 190 Å². The van der Waals surface area contributed by atoms with E-state index in [-0.39, 0.29) is 34.6 Å². The van der Waals surface area contributed by atoms with Gasteiger partial charge in [-0.15, -0.1) is 0 Å². The molecule has 4 aliphatic carbocycles. The Balaban J connectivity index is 1.56. The van der Waals surface area contributed by atoms with Crippen molar-refractivity contribution in [3.63, 3.8) is 0 Å². The normalized spacial score (nSPS) is 50.0. The summed E-state index contributed by atoms with van der Waals surface area (Å²) in [7, 11) is 2.84. The third kappa shape index (κ3) is 2.62. The van der Waals surface area contributed by atoms with Crippen molar-refractivity contribution < 1.29 is 29.1 Å². The van der Waals surface area contributed by atoms with Crippen LogP contribution >= 0.6 is 0 Å². The van der Waals surface area contributed by atoms with Gasteiger partial charge in [-0.2, -0.15) is 0 Å². The highest BCUT2D eigenvalue weighted by molar-refractivity contribution is 5.89. The van der Waals surface area contributed by atoms with Crippen molar-refractivity contribution in [1.29, 1.82) is 0 Å². The Hall–Kier alpha value is -1.28. The number of methoxy groups -OCH3 is 1. The Morgan fingerprint density at radius 1 is 1.16 bits per heavy atom. The van der Waals surface area contributed by atoms with Crippen LogP contribution in [0.15, 0.2) is 11.6 Å². The third-order valence-corrected chi connectivity index (χ3v) is 10.3. The number of Topliss-reactive ketones (excluding diaryl/α,β-unsaturated/α-hetero) is 1. The maximum absolute atomic E-state index is 13.3. The van der Waals surface area contributed by atoms with Gasteiger partial charge in [-0.25, -0.2) is 0 Å². The largest absolute Gasteiger partial charge is 0.468 e. The number of aliphatic hydroxyl groups excluding tert-OH is 1. The summed E-state index contributed by atoms with van der Waals surface area (Å²) in [5.41, 5.74) is 0.0894. The van der Waals surface area contributed by atoms with E-state index < -0.39 is 17.6 Å². The number of rotatable bonds is 3. The smallest absolute Gasteiger partial charge is 0.328 e.